The maximum atomic E-state index is 11.5. The van der Waals surface area contributed by atoms with Crippen molar-refractivity contribution in [2.75, 3.05) is 19.6 Å². The maximum Gasteiger partial charge on any atom is 0.317 e. The van der Waals surface area contributed by atoms with Gasteiger partial charge in [0.15, 0.2) is 0 Å². The Kier molecular flexibility index (Phi) is 3.29. The van der Waals surface area contributed by atoms with Crippen LogP contribution >= 0.6 is 23.2 Å². The van der Waals surface area contributed by atoms with Crippen molar-refractivity contribution in [3.63, 3.8) is 0 Å². The van der Waals surface area contributed by atoms with Crippen molar-refractivity contribution in [1.82, 2.24) is 14.8 Å². The van der Waals surface area contributed by atoms with Crippen LogP contribution in [-0.2, 0) is 6.54 Å². The van der Waals surface area contributed by atoms with Crippen LogP contribution in [0.1, 0.15) is 0 Å². The van der Waals surface area contributed by atoms with Gasteiger partial charge in [0, 0.05) is 42.8 Å². The fourth-order valence-corrected chi connectivity index (χ4v) is 2.91. The molecule has 1 aliphatic rings. The first-order chi connectivity index (χ1) is 9.15. The van der Waals surface area contributed by atoms with Gasteiger partial charge in [-0.25, -0.2) is 4.79 Å². The van der Waals surface area contributed by atoms with E-state index in [1.165, 1.54) is 0 Å². The fourth-order valence-electron chi connectivity index (χ4n) is 2.37. The second-order valence-corrected chi connectivity index (χ2v) is 5.39. The van der Waals surface area contributed by atoms with Crippen LogP contribution in [0.2, 0.25) is 10.0 Å². The third kappa shape index (κ3) is 2.38. The van der Waals surface area contributed by atoms with Crippen LogP contribution in [-0.4, -0.2) is 35.1 Å². The molecule has 2 amide bonds. The van der Waals surface area contributed by atoms with E-state index < -0.39 is 0 Å². The largest absolute Gasteiger partial charge is 0.346 e. The second-order valence-electron chi connectivity index (χ2n) is 4.55. The summed E-state index contributed by atoms with van der Waals surface area (Å²) in [4.78, 5) is 13.3. The fraction of sp³-hybridized carbons (Fsp3) is 0.308. The number of fused-ring (bicyclic) bond motifs is 1. The van der Waals surface area contributed by atoms with E-state index in [2.05, 4.69) is 9.88 Å². The van der Waals surface area contributed by atoms with Gasteiger partial charge in [0.05, 0.1) is 10.5 Å². The molecule has 0 saturated carbocycles. The van der Waals surface area contributed by atoms with Gasteiger partial charge >= 0.3 is 6.03 Å². The molecule has 0 spiro atoms. The van der Waals surface area contributed by atoms with Crippen molar-refractivity contribution < 1.29 is 4.79 Å². The third-order valence-corrected chi connectivity index (χ3v) is 3.89. The van der Waals surface area contributed by atoms with E-state index in [0.29, 0.717) is 16.6 Å². The zero-order chi connectivity index (χ0) is 13.4. The van der Waals surface area contributed by atoms with E-state index in [1.54, 1.807) is 11.0 Å². The number of amides is 2. The number of nitrogens with zero attached hydrogens (tertiary/aromatic N) is 2. The normalized spacial score (nSPS) is 15.3. The number of nitrogens with one attached hydrogen (secondary N) is 1. The molecule has 3 rings (SSSR count). The molecular formula is C13H13Cl2N3O. The van der Waals surface area contributed by atoms with Crippen LogP contribution in [0, 0.1) is 0 Å². The minimum Gasteiger partial charge on any atom is -0.346 e. The van der Waals surface area contributed by atoms with Crippen LogP contribution in [0.15, 0.2) is 24.4 Å². The van der Waals surface area contributed by atoms with Crippen molar-refractivity contribution in [2.45, 2.75) is 6.54 Å². The summed E-state index contributed by atoms with van der Waals surface area (Å²) in [5.74, 6) is 0. The molecule has 1 aromatic carbocycles. The predicted molar refractivity (Wildman–Crippen MR) is 76.9 cm³/mol. The Hall–Kier alpha value is -1.39. The molecule has 1 aromatic heterocycles. The number of rotatable bonds is 3. The van der Waals surface area contributed by atoms with Crippen LogP contribution in [0.5, 0.6) is 0 Å². The average Bonchev–Trinajstić information content (AvgIpc) is 2.93. The summed E-state index contributed by atoms with van der Waals surface area (Å²) in [5, 5.41) is 5.05. The van der Waals surface area contributed by atoms with Gasteiger partial charge in [-0.1, -0.05) is 23.2 Å². The van der Waals surface area contributed by atoms with E-state index in [1.807, 2.05) is 18.3 Å². The third-order valence-electron chi connectivity index (χ3n) is 3.36. The lowest BCUT2D eigenvalue weighted by atomic mass is 10.2. The van der Waals surface area contributed by atoms with Crippen molar-refractivity contribution in [1.29, 1.82) is 0 Å². The average molecular weight is 298 g/mol. The van der Waals surface area contributed by atoms with E-state index >= 15 is 0 Å². The second kappa shape index (κ2) is 4.94. The lowest BCUT2D eigenvalue weighted by molar-refractivity contribution is 0.216. The molecule has 6 heteroatoms. The number of urea groups is 1. The Morgan fingerprint density at radius 3 is 2.84 bits per heavy atom. The zero-order valence-electron chi connectivity index (χ0n) is 10.2. The molecule has 2 aromatic rings. The van der Waals surface area contributed by atoms with Crippen molar-refractivity contribution in [3.8, 4) is 0 Å². The molecule has 1 N–H and O–H groups in total. The molecule has 0 radical (unpaired) electrons. The highest BCUT2D eigenvalue weighted by Gasteiger charge is 2.18. The van der Waals surface area contributed by atoms with E-state index in [4.69, 9.17) is 23.2 Å². The highest BCUT2D eigenvalue weighted by atomic mass is 35.5. The smallest absolute Gasteiger partial charge is 0.317 e. The first-order valence-electron chi connectivity index (χ1n) is 6.12. The number of hydrogen-bond donors (Lipinski definition) is 1. The van der Waals surface area contributed by atoms with Gasteiger partial charge in [0.25, 0.3) is 0 Å². The van der Waals surface area contributed by atoms with Gasteiger partial charge in [-0.05, 0) is 18.2 Å². The topological polar surface area (TPSA) is 37.3 Å². The molecule has 1 saturated heterocycles. The summed E-state index contributed by atoms with van der Waals surface area (Å²) in [7, 11) is 0. The van der Waals surface area contributed by atoms with E-state index in [0.717, 1.165) is 30.5 Å². The lowest BCUT2D eigenvalue weighted by Crippen LogP contribution is -2.31. The number of carbonyl (C=O) groups excluding carboxylic acids is 1. The van der Waals surface area contributed by atoms with Crippen LogP contribution in [0.3, 0.4) is 0 Å². The number of benzene rings is 1. The SMILES string of the molecule is O=C1NCCN1CCn1ccc2c(Cl)cc(Cl)cc21. The Morgan fingerprint density at radius 2 is 2.11 bits per heavy atom. The number of hydrogen-bond acceptors (Lipinski definition) is 1. The predicted octanol–water partition coefficient (Wildman–Crippen LogP) is 2.97. The number of aromatic nitrogens is 1. The van der Waals surface area contributed by atoms with Crippen LogP contribution in [0.25, 0.3) is 10.9 Å². The standard InChI is InChI=1S/C13H13Cl2N3O/c14-9-7-11(15)10-1-3-17(12(10)8-9)5-6-18-4-2-16-13(18)19/h1,3,7-8H,2,4-6H2,(H,16,19). The molecule has 2 heterocycles. The first kappa shape index (κ1) is 12.6. The quantitative estimate of drug-likeness (QED) is 0.929. The monoisotopic (exact) mass is 297 g/mol. The van der Waals surface area contributed by atoms with Gasteiger partial charge in [-0.2, -0.15) is 0 Å². The Bertz CT molecular complexity index is 638. The van der Waals surface area contributed by atoms with Crippen LogP contribution in [0.4, 0.5) is 4.79 Å². The minimum atomic E-state index is 0.00697. The van der Waals surface area contributed by atoms with Crippen molar-refractivity contribution in [2.24, 2.45) is 0 Å². The highest BCUT2D eigenvalue weighted by molar-refractivity contribution is 6.38. The molecule has 4 nitrogen and oxygen atoms in total. The maximum absolute atomic E-state index is 11.5. The summed E-state index contributed by atoms with van der Waals surface area (Å²) >= 11 is 12.2. The van der Waals surface area contributed by atoms with Crippen molar-refractivity contribution in [3.05, 3.63) is 34.4 Å². The van der Waals surface area contributed by atoms with Crippen LogP contribution < -0.4 is 5.32 Å². The summed E-state index contributed by atoms with van der Waals surface area (Å²) in [6.45, 7) is 2.90. The molecule has 19 heavy (non-hydrogen) atoms. The van der Waals surface area contributed by atoms with Gasteiger partial charge in [0.2, 0.25) is 0 Å². The molecule has 0 bridgehead atoms. The summed E-state index contributed by atoms with van der Waals surface area (Å²) < 4.78 is 2.07. The van der Waals surface area contributed by atoms with E-state index in [-0.39, 0.29) is 6.03 Å². The molecule has 100 valence electrons. The number of halogens is 2. The highest BCUT2D eigenvalue weighted by Crippen LogP contribution is 2.28. The molecule has 1 fully saturated rings. The minimum absolute atomic E-state index is 0.00697. The lowest BCUT2D eigenvalue weighted by Gasteiger charge is -2.15. The molecule has 0 unspecified atom stereocenters. The zero-order valence-corrected chi connectivity index (χ0v) is 11.7. The molecular weight excluding hydrogens is 285 g/mol. The Balaban J connectivity index is 1.83. The summed E-state index contributed by atoms with van der Waals surface area (Å²) in [6.07, 6.45) is 1.97. The molecule has 1 aliphatic heterocycles. The summed E-state index contributed by atoms with van der Waals surface area (Å²) in [6, 6.07) is 5.61. The Labute approximate surface area is 120 Å². The van der Waals surface area contributed by atoms with Crippen molar-refractivity contribution >= 4 is 40.1 Å². The van der Waals surface area contributed by atoms with Gasteiger partial charge in [-0.15, -0.1) is 0 Å². The summed E-state index contributed by atoms with van der Waals surface area (Å²) in [5.41, 5.74) is 0.997. The van der Waals surface area contributed by atoms with E-state index in [9.17, 15) is 4.79 Å². The van der Waals surface area contributed by atoms with Gasteiger partial charge < -0.3 is 14.8 Å². The molecule has 0 aliphatic carbocycles. The molecule has 0 atom stereocenters. The van der Waals surface area contributed by atoms with Gasteiger partial charge in [-0.3, -0.25) is 0 Å². The van der Waals surface area contributed by atoms with Gasteiger partial charge in [0.1, 0.15) is 0 Å². The first-order valence-corrected chi connectivity index (χ1v) is 6.87. The number of carbonyl (C=O) groups is 1. The Morgan fingerprint density at radius 1 is 1.26 bits per heavy atom.